The second kappa shape index (κ2) is 6.64. The molecular weight excluding hydrogens is 325 g/mol. The Kier molecular flexibility index (Phi) is 4.73. The van der Waals surface area contributed by atoms with Crippen molar-refractivity contribution in [2.75, 3.05) is 32.8 Å². The molecule has 2 aliphatic heterocycles. The van der Waals surface area contributed by atoms with Gasteiger partial charge in [0.25, 0.3) is 0 Å². The quantitative estimate of drug-likeness (QED) is 0.886. The van der Waals surface area contributed by atoms with Crippen molar-refractivity contribution in [1.82, 2.24) is 20.2 Å². The van der Waals surface area contributed by atoms with Crippen LogP contribution in [-0.4, -0.2) is 59.8 Å². The van der Waals surface area contributed by atoms with Crippen LogP contribution in [0.25, 0.3) is 0 Å². The van der Waals surface area contributed by atoms with Crippen molar-refractivity contribution in [1.29, 1.82) is 0 Å². The van der Waals surface area contributed by atoms with E-state index in [0.29, 0.717) is 31.9 Å². The molecule has 3 heterocycles. The highest BCUT2D eigenvalue weighted by Crippen LogP contribution is 2.31. The number of rotatable bonds is 4. The molecule has 0 atom stereocenters. The smallest absolute Gasteiger partial charge is 0.381 e. The lowest BCUT2D eigenvalue weighted by atomic mass is 9.87. The number of likely N-dealkylation sites (tertiary alicyclic amines) is 1. The minimum absolute atomic E-state index is 0.119. The number of halogens is 3. The summed E-state index contributed by atoms with van der Waals surface area (Å²) >= 11 is 0. The molecule has 24 heavy (non-hydrogen) atoms. The van der Waals surface area contributed by atoms with Crippen LogP contribution in [0.4, 0.5) is 13.2 Å². The Bertz CT molecular complexity index is 570. The molecule has 0 aliphatic carbocycles. The molecule has 1 aromatic rings. The number of ether oxygens (including phenoxy) is 1. The maximum Gasteiger partial charge on any atom is 0.401 e. The van der Waals surface area contributed by atoms with Gasteiger partial charge in [-0.1, -0.05) is 0 Å². The van der Waals surface area contributed by atoms with Crippen molar-refractivity contribution in [2.45, 2.75) is 24.6 Å². The summed E-state index contributed by atoms with van der Waals surface area (Å²) in [7, 11) is 0. The molecule has 0 saturated carbocycles. The van der Waals surface area contributed by atoms with Gasteiger partial charge in [0, 0.05) is 51.5 Å². The van der Waals surface area contributed by atoms with Gasteiger partial charge in [-0.2, -0.15) is 13.2 Å². The van der Waals surface area contributed by atoms with Crippen molar-refractivity contribution in [3.8, 4) is 0 Å². The predicted octanol–water partition coefficient (Wildman–Crippen LogP) is 1.09. The van der Waals surface area contributed by atoms with E-state index in [1.54, 1.807) is 18.5 Å². The summed E-state index contributed by atoms with van der Waals surface area (Å²) in [5.74, 6) is -0.160. The van der Waals surface area contributed by atoms with E-state index < -0.39 is 24.2 Å². The first-order chi connectivity index (χ1) is 11.4. The summed E-state index contributed by atoms with van der Waals surface area (Å²) in [5, 5.41) is 2.98. The van der Waals surface area contributed by atoms with Crippen molar-refractivity contribution in [2.24, 2.45) is 5.92 Å². The maximum atomic E-state index is 12.5. The van der Waals surface area contributed by atoms with E-state index in [9.17, 15) is 18.0 Å². The van der Waals surface area contributed by atoms with Crippen LogP contribution < -0.4 is 5.32 Å². The van der Waals surface area contributed by atoms with Crippen LogP contribution >= 0.6 is 0 Å². The Balaban J connectivity index is 1.63. The SMILES string of the molecule is O=C(NC1(c2ncccn2)CCOCC1)C1CN(CC(F)(F)F)C1. The molecule has 0 spiro atoms. The van der Waals surface area contributed by atoms with Gasteiger partial charge in [0.05, 0.1) is 12.5 Å². The van der Waals surface area contributed by atoms with Gasteiger partial charge in [-0.05, 0) is 6.07 Å². The van der Waals surface area contributed by atoms with Gasteiger partial charge in [-0.3, -0.25) is 9.69 Å². The number of amides is 1. The minimum atomic E-state index is -4.23. The number of nitrogens with zero attached hydrogens (tertiary/aromatic N) is 3. The summed E-state index contributed by atoms with van der Waals surface area (Å²) < 4.78 is 42.4. The zero-order valence-electron chi connectivity index (χ0n) is 13.1. The molecule has 1 amide bonds. The Labute approximate surface area is 137 Å². The van der Waals surface area contributed by atoms with Crippen molar-refractivity contribution in [3.05, 3.63) is 24.3 Å². The fraction of sp³-hybridized carbons (Fsp3) is 0.667. The second-order valence-corrected chi connectivity index (χ2v) is 6.26. The molecule has 0 unspecified atom stereocenters. The zero-order valence-corrected chi connectivity index (χ0v) is 13.1. The van der Waals surface area contributed by atoms with E-state index >= 15 is 0 Å². The number of carbonyl (C=O) groups excluding carboxylic acids is 1. The van der Waals surface area contributed by atoms with Gasteiger partial charge in [0.15, 0.2) is 5.82 Å². The predicted molar refractivity (Wildman–Crippen MR) is 77.9 cm³/mol. The fourth-order valence-corrected chi connectivity index (χ4v) is 3.13. The van der Waals surface area contributed by atoms with Crippen molar-refractivity contribution in [3.63, 3.8) is 0 Å². The first-order valence-electron chi connectivity index (χ1n) is 7.84. The van der Waals surface area contributed by atoms with Gasteiger partial charge in [-0.15, -0.1) is 0 Å². The van der Waals surface area contributed by atoms with Crippen LogP contribution in [0.15, 0.2) is 18.5 Å². The molecule has 2 aliphatic rings. The minimum Gasteiger partial charge on any atom is -0.381 e. The Morgan fingerprint density at radius 2 is 1.92 bits per heavy atom. The number of hydrogen-bond donors (Lipinski definition) is 1. The van der Waals surface area contributed by atoms with Crippen LogP contribution in [0.2, 0.25) is 0 Å². The van der Waals surface area contributed by atoms with E-state index in [0.717, 1.165) is 0 Å². The average Bonchev–Trinajstić information content (AvgIpc) is 2.51. The average molecular weight is 344 g/mol. The lowest BCUT2D eigenvalue weighted by Crippen LogP contribution is -2.60. The van der Waals surface area contributed by atoms with Gasteiger partial charge in [0.1, 0.15) is 5.54 Å². The van der Waals surface area contributed by atoms with Gasteiger partial charge in [-0.25, -0.2) is 9.97 Å². The van der Waals surface area contributed by atoms with Crippen LogP contribution in [0.5, 0.6) is 0 Å². The Morgan fingerprint density at radius 1 is 1.29 bits per heavy atom. The van der Waals surface area contributed by atoms with E-state index in [1.165, 1.54) is 4.90 Å². The molecule has 2 fully saturated rings. The van der Waals surface area contributed by atoms with E-state index in [2.05, 4.69) is 15.3 Å². The highest BCUT2D eigenvalue weighted by atomic mass is 19.4. The maximum absolute atomic E-state index is 12.5. The molecule has 1 N–H and O–H groups in total. The Hall–Kier alpha value is -1.74. The first kappa shape index (κ1) is 17.1. The van der Waals surface area contributed by atoms with E-state index in [4.69, 9.17) is 4.74 Å². The third-order valence-corrected chi connectivity index (χ3v) is 4.43. The largest absolute Gasteiger partial charge is 0.401 e. The monoisotopic (exact) mass is 344 g/mol. The highest BCUT2D eigenvalue weighted by molar-refractivity contribution is 5.81. The zero-order chi connectivity index (χ0) is 17.2. The first-order valence-corrected chi connectivity index (χ1v) is 7.84. The molecule has 0 radical (unpaired) electrons. The Morgan fingerprint density at radius 3 is 2.50 bits per heavy atom. The molecule has 1 aromatic heterocycles. The van der Waals surface area contributed by atoms with Crippen LogP contribution in [-0.2, 0) is 15.1 Å². The molecular formula is C15H19F3N4O2. The van der Waals surface area contributed by atoms with E-state index in [1.807, 2.05) is 0 Å². The van der Waals surface area contributed by atoms with Crippen molar-refractivity contribution < 1.29 is 22.7 Å². The standard InChI is InChI=1S/C15H19F3N4O2/c16-15(17,18)10-22-8-11(9-22)12(23)21-14(2-6-24-7-3-14)13-19-4-1-5-20-13/h1,4-5,11H,2-3,6-10H2,(H,21,23). The summed E-state index contributed by atoms with van der Waals surface area (Å²) in [6, 6.07) is 1.69. The molecule has 2 saturated heterocycles. The molecule has 132 valence electrons. The fourth-order valence-electron chi connectivity index (χ4n) is 3.13. The number of aromatic nitrogens is 2. The molecule has 0 aromatic carbocycles. The van der Waals surface area contributed by atoms with Gasteiger partial charge in [0.2, 0.25) is 5.91 Å². The summed E-state index contributed by atoms with van der Waals surface area (Å²) in [6.45, 7) is 0.214. The number of hydrogen-bond acceptors (Lipinski definition) is 5. The van der Waals surface area contributed by atoms with Crippen molar-refractivity contribution >= 4 is 5.91 Å². The number of alkyl halides is 3. The number of nitrogens with one attached hydrogen (secondary N) is 1. The van der Waals surface area contributed by atoms with Crippen LogP contribution in [0, 0.1) is 5.92 Å². The highest BCUT2D eigenvalue weighted by Gasteiger charge is 2.44. The topological polar surface area (TPSA) is 67.3 Å². The third kappa shape index (κ3) is 3.84. The van der Waals surface area contributed by atoms with Gasteiger partial charge < -0.3 is 10.1 Å². The summed E-state index contributed by atoms with van der Waals surface area (Å²) in [6.07, 6.45) is 0.0744. The molecule has 3 rings (SSSR count). The lowest BCUT2D eigenvalue weighted by Gasteiger charge is -2.42. The molecule has 9 heteroatoms. The van der Waals surface area contributed by atoms with Crippen LogP contribution in [0.1, 0.15) is 18.7 Å². The van der Waals surface area contributed by atoms with Crippen LogP contribution in [0.3, 0.4) is 0 Å². The summed E-state index contributed by atoms with van der Waals surface area (Å²) in [5.41, 5.74) is -0.707. The summed E-state index contributed by atoms with van der Waals surface area (Å²) in [4.78, 5) is 22.2. The number of carbonyl (C=O) groups is 1. The lowest BCUT2D eigenvalue weighted by molar-refractivity contribution is -0.164. The van der Waals surface area contributed by atoms with Gasteiger partial charge >= 0.3 is 6.18 Å². The normalized spacial score (nSPS) is 22.0. The molecule has 0 bridgehead atoms. The molecule has 6 nitrogen and oxygen atoms in total. The third-order valence-electron chi connectivity index (χ3n) is 4.43. The second-order valence-electron chi connectivity index (χ2n) is 6.26. The van der Waals surface area contributed by atoms with E-state index in [-0.39, 0.29) is 19.0 Å².